The maximum absolute atomic E-state index is 11.6. The van der Waals surface area contributed by atoms with Crippen molar-refractivity contribution in [1.82, 2.24) is 4.98 Å². The molecule has 1 aromatic rings. The average Bonchev–Trinajstić information content (AvgIpc) is 2.51. The van der Waals surface area contributed by atoms with Gasteiger partial charge in [0.25, 0.3) is 0 Å². The average molecular weight is 297 g/mol. The minimum Gasteiger partial charge on any atom is -0.462 e. The minimum absolute atomic E-state index is 0.139. The highest BCUT2D eigenvalue weighted by molar-refractivity contribution is 5.88. The van der Waals surface area contributed by atoms with Gasteiger partial charge in [-0.3, -0.25) is 4.98 Å². The zero-order valence-electron chi connectivity index (χ0n) is 13.2. The molecule has 1 rings (SSSR count). The normalized spacial score (nSPS) is 12.8. The summed E-state index contributed by atoms with van der Waals surface area (Å²) < 4.78 is 5.21. The summed E-state index contributed by atoms with van der Waals surface area (Å²) in [5, 5.41) is 16.0. The van der Waals surface area contributed by atoms with Crippen LogP contribution >= 0.6 is 0 Å². The number of esters is 1. The van der Waals surface area contributed by atoms with Crippen LogP contribution in [0.2, 0.25) is 0 Å². The highest BCUT2D eigenvalue weighted by Gasteiger charge is 2.09. The first kappa shape index (κ1) is 19.5. The third-order valence-electron chi connectivity index (χ3n) is 2.71. The topological polar surface area (TPSA) is 79.6 Å². The Balaban J connectivity index is 0.000000690. The van der Waals surface area contributed by atoms with Crippen LogP contribution in [0.3, 0.4) is 0 Å². The van der Waals surface area contributed by atoms with Crippen LogP contribution in [-0.4, -0.2) is 40.5 Å². The zero-order valence-corrected chi connectivity index (χ0v) is 13.2. The van der Waals surface area contributed by atoms with E-state index in [9.17, 15) is 4.79 Å². The van der Waals surface area contributed by atoms with Gasteiger partial charge >= 0.3 is 5.97 Å². The molecule has 0 bridgehead atoms. The van der Waals surface area contributed by atoms with Crippen molar-refractivity contribution in [1.29, 1.82) is 0 Å². The van der Waals surface area contributed by atoms with E-state index in [0.29, 0.717) is 18.1 Å². The summed E-state index contributed by atoms with van der Waals surface area (Å²) in [5.74, 6) is 0.150. The van der Waals surface area contributed by atoms with E-state index in [1.54, 1.807) is 18.3 Å². The number of rotatable bonds is 7. The van der Waals surface area contributed by atoms with Crippen molar-refractivity contribution in [2.75, 3.05) is 13.2 Å². The quantitative estimate of drug-likeness (QED) is 0.756. The van der Waals surface area contributed by atoms with E-state index < -0.39 is 6.10 Å². The summed E-state index contributed by atoms with van der Waals surface area (Å²) in [4.78, 5) is 15.4. The molecule has 5 nitrogen and oxygen atoms in total. The Hall–Kier alpha value is -1.46. The number of pyridine rings is 1. The van der Waals surface area contributed by atoms with Crippen molar-refractivity contribution in [2.24, 2.45) is 5.92 Å². The van der Waals surface area contributed by atoms with E-state index in [1.165, 1.54) is 26.0 Å². The van der Waals surface area contributed by atoms with Crippen molar-refractivity contribution in [2.45, 2.75) is 46.1 Å². The second-order valence-electron chi connectivity index (χ2n) is 5.12. The first-order chi connectivity index (χ1) is 10.0. The molecule has 0 saturated carbocycles. The maximum atomic E-state index is 11.6. The van der Waals surface area contributed by atoms with E-state index in [4.69, 9.17) is 14.9 Å². The van der Waals surface area contributed by atoms with Crippen molar-refractivity contribution in [3.8, 4) is 0 Å². The molecule has 1 aromatic heterocycles. The Bertz CT molecular complexity index is 368. The van der Waals surface area contributed by atoms with Gasteiger partial charge in [-0.15, -0.1) is 0 Å². The largest absolute Gasteiger partial charge is 0.462 e. The van der Waals surface area contributed by atoms with Gasteiger partial charge in [-0.2, -0.15) is 0 Å². The zero-order chi connectivity index (χ0) is 16.1. The first-order valence-corrected chi connectivity index (χ1v) is 7.37. The second kappa shape index (κ2) is 12.3. The van der Waals surface area contributed by atoms with Gasteiger partial charge in [-0.25, -0.2) is 4.79 Å². The predicted molar refractivity (Wildman–Crippen MR) is 82.0 cm³/mol. The van der Waals surface area contributed by atoms with Gasteiger partial charge in [0.2, 0.25) is 0 Å². The Morgan fingerprint density at radius 1 is 1.43 bits per heavy atom. The van der Waals surface area contributed by atoms with Crippen molar-refractivity contribution < 1.29 is 19.7 Å². The lowest BCUT2D eigenvalue weighted by Gasteiger charge is -2.11. The standard InChI is InChI=1S/C13H19NO2.C3H8O2/c1-3-4-6-11(2)10-16-13(15)12-7-5-8-14-9-12;1-3(5)2-4/h5,7-9,11H,3-4,6,10H2,1-2H3;3-5H,2H2,1H3. The van der Waals surface area contributed by atoms with Crippen LogP contribution in [0.1, 0.15) is 50.4 Å². The monoisotopic (exact) mass is 297 g/mol. The highest BCUT2D eigenvalue weighted by Crippen LogP contribution is 2.09. The van der Waals surface area contributed by atoms with Crippen LogP contribution in [0.5, 0.6) is 0 Å². The third-order valence-corrected chi connectivity index (χ3v) is 2.71. The number of unbranched alkanes of at least 4 members (excludes halogenated alkanes) is 1. The molecule has 0 spiro atoms. The number of aliphatic hydroxyl groups excluding tert-OH is 2. The summed E-state index contributed by atoms with van der Waals surface area (Å²) in [5.41, 5.74) is 0.519. The molecular formula is C16H27NO4. The third kappa shape index (κ3) is 10.9. The maximum Gasteiger partial charge on any atom is 0.339 e. The molecule has 0 radical (unpaired) electrons. The molecular weight excluding hydrogens is 270 g/mol. The van der Waals surface area contributed by atoms with Crippen LogP contribution in [0.4, 0.5) is 0 Å². The first-order valence-electron chi connectivity index (χ1n) is 7.37. The number of aromatic nitrogens is 1. The van der Waals surface area contributed by atoms with Crippen molar-refractivity contribution >= 4 is 5.97 Å². The fraction of sp³-hybridized carbons (Fsp3) is 0.625. The van der Waals surface area contributed by atoms with E-state index in [2.05, 4.69) is 18.8 Å². The van der Waals surface area contributed by atoms with Gasteiger partial charge in [0.1, 0.15) is 0 Å². The molecule has 120 valence electrons. The minimum atomic E-state index is -0.560. The SMILES string of the molecule is CC(O)CO.CCCCC(C)COC(=O)c1cccnc1. The molecule has 1 heterocycles. The molecule has 21 heavy (non-hydrogen) atoms. The summed E-state index contributed by atoms with van der Waals surface area (Å²) >= 11 is 0. The Morgan fingerprint density at radius 2 is 2.10 bits per heavy atom. The van der Waals surface area contributed by atoms with Crippen molar-refractivity contribution in [3.63, 3.8) is 0 Å². The van der Waals surface area contributed by atoms with Gasteiger partial charge in [-0.1, -0.05) is 26.7 Å². The number of hydrogen-bond acceptors (Lipinski definition) is 5. The molecule has 0 saturated heterocycles. The van der Waals surface area contributed by atoms with Crippen LogP contribution < -0.4 is 0 Å². The predicted octanol–water partition coefficient (Wildman–Crippen LogP) is 2.42. The molecule has 0 aliphatic heterocycles. The molecule has 0 aromatic carbocycles. The lowest BCUT2D eigenvalue weighted by molar-refractivity contribution is 0.0442. The highest BCUT2D eigenvalue weighted by atomic mass is 16.5. The number of ether oxygens (including phenoxy) is 1. The summed E-state index contributed by atoms with van der Waals surface area (Å²) in [7, 11) is 0. The summed E-state index contributed by atoms with van der Waals surface area (Å²) in [6, 6.07) is 3.45. The Labute approximate surface area is 127 Å². The van der Waals surface area contributed by atoms with Crippen LogP contribution in [-0.2, 0) is 4.74 Å². The molecule has 5 heteroatoms. The molecule has 0 fully saturated rings. The molecule has 2 atom stereocenters. The smallest absolute Gasteiger partial charge is 0.339 e. The Kier molecular flexibility index (Phi) is 11.4. The molecule has 2 unspecified atom stereocenters. The summed E-state index contributed by atoms with van der Waals surface area (Å²) in [6.45, 7) is 6.15. The molecule has 0 aliphatic rings. The van der Waals surface area contributed by atoms with Gasteiger partial charge < -0.3 is 14.9 Å². The van der Waals surface area contributed by atoms with E-state index in [0.717, 1.165) is 6.42 Å². The number of hydrogen-bond donors (Lipinski definition) is 2. The van der Waals surface area contributed by atoms with Gasteiger partial charge in [-0.05, 0) is 31.4 Å². The lowest BCUT2D eigenvalue weighted by atomic mass is 10.1. The number of aliphatic hydroxyl groups is 2. The van der Waals surface area contributed by atoms with E-state index in [1.807, 2.05) is 0 Å². The van der Waals surface area contributed by atoms with Crippen LogP contribution in [0.25, 0.3) is 0 Å². The number of carbonyl (C=O) groups excluding carboxylic acids is 1. The van der Waals surface area contributed by atoms with E-state index >= 15 is 0 Å². The summed E-state index contributed by atoms with van der Waals surface area (Å²) in [6.07, 6.45) is 6.08. The molecule has 2 N–H and O–H groups in total. The molecule has 0 aliphatic carbocycles. The molecule has 0 amide bonds. The van der Waals surface area contributed by atoms with Gasteiger partial charge in [0, 0.05) is 12.4 Å². The fourth-order valence-electron chi connectivity index (χ4n) is 1.42. The van der Waals surface area contributed by atoms with Gasteiger partial charge in [0.15, 0.2) is 0 Å². The van der Waals surface area contributed by atoms with Gasteiger partial charge in [0.05, 0.1) is 24.9 Å². The Morgan fingerprint density at radius 3 is 2.57 bits per heavy atom. The lowest BCUT2D eigenvalue weighted by Crippen LogP contribution is -2.12. The van der Waals surface area contributed by atoms with Crippen LogP contribution in [0, 0.1) is 5.92 Å². The van der Waals surface area contributed by atoms with Crippen LogP contribution in [0.15, 0.2) is 24.5 Å². The second-order valence-corrected chi connectivity index (χ2v) is 5.12. The number of carbonyl (C=O) groups is 1. The van der Waals surface area contributed by atoms with Crippen molar-refractivity contribution in [3.05, 3.63) is 30.1 Å². The van der Waals surface area contributed by atoms with E-state index in [-0.39, 0.29) is 12.6 Å². The fourth-order valence-corrected chi connectivity index (χ4v) is 1.42. The number of nitrogens with zero attached hydrogens (tertiary/aromatic N) is 1.